The summed E-state index contributed by atoms with van der Waals surface area (Å²) in [7, 11) is 0. The minimum atomic E-state index is 0.0650. The van der Waals surface area contributed by atoms with Gasteiger partial charge < -0.3 is 10.2 Å². The van der Waals surface area contributed by atoms with Gasteiger partial charge >= 0.3 is 0 Å². The minimum absolute atomic E-state index is 0.0650. The van der Waals surface area contributed by atoms with Crippen LogP contribution in [-0.2, 0) is 4.79 Å². The third-order valence-corrected chi connectivity index (χ3v) is 5.04. The van der Waals surface area contributed by atoms with Crippen molar-refractivity contribution in [3.05, 3.63) is 0 Å². The fourth-order valence-corrected chi connectivity index (χ4v) is 3.55. The maximum Gasteiger partial charge on any atom is 0.239 e. The second kappa shape index (κ2) is 8.74. The summed E-state index contributed by atoms with van der Waals surface area (Å²) in [6.45, 7) is 9.49. The molecule has 2 saturated heterocycles. The number of likely N-dealkylation sites (tertiary alicyclic amines) is 2. The number of hydrogen-bond acceptors (Lipinski definition) is 3. The van der Waals surface area contributed by atoms with E-state index in [0.717, 1.165) is 32.7 Å². The molecule has 0 spiro atoms. The summed E-state index contributed by atoms with van der Waals surface area (Å²) in [4.78, 5) is 17.2. The third kappa shape index (κ3) is 4.96. The fraction of sp³-hybridized carbons (Fsp3) is 0.941. The van der Waals surface area contributed by atoms with Gasteiger partial charge in [-0.15, -0.1) is 0 Å². The van der Waals surface area contributed by atoms with Gasteiger partial charge in [0.05, 0.1) is 6.04 Å². The highest BCUT2D eigenvalue weighted by atomic mass is 16.2. The van der Waals surface area contributed by atoms with Crippen LogP contribution in [0.25, 0.3) is 0 Å². The SMILES string of the molecule is CCCNC1CCN(C(C)C(=O)N2CCCCCC2)CC1. The van der Waals surface area contributed by atoms with E-state index in [1.807, 2.05) is 0 Å². The highest BCUT2D eigenvalue weighted by molar-refractivity contribution is 5.81. The first kappa shape index (κ1) is 16.8. The van der Waals surface area contributed by atoms with Crippen LogP contribution in [0.15, 0.2) is 0 Å². The molecule has 1 amide bonds. The highest BCUT2D eigenvalue weighted by Gasteiger charge is 2.29. The third-order valence-electron chi connectivity index (χ3n) is 5.04. The first-order valence-corrected chi connectivity index (χ1v) is 8.98. The van der Waals surface area contributed by atoms with E-state index in [2.05, 4.69) is 29.0 Å². The Kier molecular flexibility index (Phi) is 6.97. The van der Waals surface area contributed by atoms with E-state index in [1.54, 1.807) is 0 Å². The van der Waals surface area contributed by atoms with Gasteiger partial charge in [-0.25, -0.2) is 0 Å². The summed E-state index contributed by atoms with van der Waals surface area (Å²) in [5, 5.41) is 3.61. The predicted molar refractivity (Wildman–Crippen MR) is 87.4 cm³/mol. The first-order chi connectivity index (χ1) is 10.2. The lowest BCUT2D eigenvalue weighted by atomic mass is 10.0. The molecular formula is C17H33N3O. The number of rotatable bonds is 5. The molecule has 2 heterocycles. The summed E-state index contributed by atoms with van der Waals surface area (Å²) in [6.07, 6.45) is 8.49. The monoisotopic (exact) mass is 295 g/mol. The van der Waals surface area contributed by atoms with Crippen molar-refractivity contribution in [2.75, 3.05) is 32.7 Å². The van der Waals surface area contributed by atoms with Gasteiger partial charge in [0.15, 0.2) is 0 Å². The van der Waals surface area contributed by atoms with Gasteiger partial charge in [0.2, 0.25) is 5.91 Å². The molecular weight excluding hydrogens is 262 g/mol. The maximum atomic E-state index is 12.7. The number of piperidine rings is 1. The van der Waals surface area contributed by atoms with Crippen LogP contribution in [0.4, 0.5) is 0 Å². The Bertz CT molecular complexity index is 305. The van der Waals surface area contributed by atoms with E-state index >= 15 is 0 Å². The van der Waals surface area contributed by atoms with Crippen LogP contribution in [0.5, 0.6) is 0 Å². The zero-order valence-electron chi connectivity index (χ0n) is 13.9. The smallest absolute Gasteiger partial charge is 0.239 e. The largest absolute Gasteiger partial charge is 0.341 e. The molecule has 0 aromatic carbocycles. The standard InChI is InChI=1S/C17H33N3O/c1-3-10-18-16-8-13-19(14-9-16)15(2)17(21)20-11-6-4-5-7-12-20/h15-16,18H,3-14H2,1-2H3. The molecule has 1 atom stereocenters. The van der Waals surface area contributed by atoms with Gasteiger partial charge in [-0.2, -0.15) is 0 Å². The summed E-state index contributed by atoms with van der Waals surface area (Å²) in [5.41, 5.74) is 0. The van der Waals surface area contributed by atoms with E-state index in [1.165, 1.54) is 44.9 Å². The summed E-state index contributed by atoms with van der Waals surface area (Å²) in [5.74, 6) is 0.358. The van der Waals surface area contributed by atoms with Gasteiger partial charge in [0.25, 0.3) is 0 Å². The van der Waals surface area contributed by atoms with E-state index in [0.29, 0.717) is 11.9 Å². The van der Waals surface area contributed by atoms with E-state index in [4.69, 9.17) is 0 Å². The Morgan fingerprint density at radius 1 is 1.10 bits per heavy atom. The van der Waals surface area contributed by atoms with Crippen LogP contribution in [0.3, 0.4) is 0 Å². The lowest BCUT2D eigenvalue weighted by Gasteiger charge is -2.37. The van der Waals surface area contributed by atoms with Gasteiger partial charge in [-0.05, 0) is 45.6 Å². The molecule has 122 valence electrons. The minimum Gasteiger partial charge on any atom is -0.341 e. The molecule has 21 heavy (non-hydrogen) atoms. The van der Waals surface area contributed by atoms with Gasteiger partial charge in [0, 0.05) is 32.2 Å². The number of carbonyl (C=O) groups is 1. The summed E-state index contributed by atoms with van der Waals surface area (Å²) >= 11 is 0. The van der Waals surface area contributed by atoms with Crippen LogP contribution in [-0.4, -0.2) is 60.5 Å². The van der Waals surface area contributed by atoms with Crippen molar-refractivity contribution < 1.29 is 4.79 Å². The fourth-order valence-electron chi connectivity index (χ4n) is 3.55. The average molecular weight is 295 g/mol. The van der Waals surface area contributed by atoms with Crippen molar-refractivity contribution in [3.63, 3.8) is 0 Å². The van der Waals surface area contributed by atoms with E-state index in [9.17, 15) is 4.79 Å². The van der Waals surface area contributed by atoms with Crippen molar-refractivity contribution in [1.29, 1.82) is 0 Å². The van der Waals surface area contributed by atoms with Crippen LogP contribution in [0, 0.1) is 0 Å². The van der Waals surface area contributed by atoms with Gasteiger partial charge in [-0.1, -0.05) is 19.8 Å². The molecule has 0 radical (unpaired) electrons. The first-order valence-electron chi connectivity index (χ1n) is 8.98. The van der Waals surface area contributed by atoms with E-state index < -0.39 is 0 Å². The van der Waals surface area contributed by atoms with Crippen molar-refractivity contribution in [2.45, 2.75) is 70.9 Å². The van der Waals surface area contributed by atoms with Gasteiger partial charge in [0.1, 0.15) is 0 Å². The number of carbonyl (C=O) groups excluding carboxylic acids is 1. The Morgan fingerprint density at radius 3 is 2.29 bits per heavy atom. The zero-order valence-corrected chi connectivity index (χ0v) is 13.9. The Morgan fingerprint density at radius 2 is 1.71 bits per heavy atom. The Hall–Kier alpha value is -0.610. The number of hydrogen-bond donors (Lipinski definition) is 1. The molecule has 2 aliphatic rings. The predicted octanol–water partition coefficient (Wildman–Crippen LogP) is 2.24. The Labute approximate surface area is 130 Å². The van der Waals surface area contributed by atoms with Crippen LogP contribution >= 0.6 is 0 Å². The topological polar surface area (TPSA) is 35.6 Å². The zero-order chi connectivity index (χ0) is 15.1. The van der Waals surface area contributed by atoms with Crippen LogP contribution < -0.4 is 5.32 Å². The lowest BCUT2D eigenvalue weighted by molar-refractivity contribution is -0.136. The molecule has 1 unspecified atom stereocenters. The molecule has 1 N–H and O–H groups in total. The van der Waals surface area contributed by atoms with Gasteiger partial charge in [-0.3, -0.25) is 9.69 Å². The summed E-state index contributed by atoms with van der Waals surface area (Å²) in [6, 6.07) is 0.719. The van der Waals surface area contributed by atoms with Crippen LogP contribution in [0.1, 0.15) is 58.8 Å². The number of nitrogens with zero attached hydrogens (tertiary/aromatic N) is 2. The van der Waals surface area contributed by atoms with Crippen molar-refractivity contribution >= 4 is 5.91 Å². The molecule has 2 fully saturated rings. The van der Waals surface area contributed by atoms with Crippen molar-refractivity contribution in [2.24, 2.45) is 0 Å². The van der Waals surface area contributed by atoms with E-state index in [-0.39, 0.29) is 6.04 Å². The van der Waals surface area contributed by atoms with Crippen LogP contribution in [0.2, 0.25) is 0 Å². The number of amides is 1. The molecule has 2 rings (SSSR count). The molecule has 0 saturated carbocycles. The Balaban J connectivity index is 1.77. The quantitative estimate of drug-likeness (QED) is 0.845. The van der Waals surface area contributed by atoms with Crippen molar-refractivity contribution in [3.8, 4) is 0 Å². The second-order valence-corrected chi connectivity index (χ2v) is 6.68. The second-order valence-electron chi connectivity index (χ2n) is 6.68. The molecule has 4 nitrogen and oxygen atoms in total. The molecule has 4 heteroatoms. The summed E-state index contributed by atoms with van der Waals surface area (Å²) < 4.78 is 0. The lowest BCUT2D eigenvalue weighted by Crippen LogP contribution is -2.52. The van der Waals surface area contributed by atoms with Crippen molar-refractivity contribution in [1.82, 2.24) is 15.1 Å². The molecule has 0 aliphatic carbocycles. The number of nitrogens with one attached hydrogen (secondary N) is 1. The highest BCUT2D eigenvalue weighted by Crippen LogP contribution is 2.17. The molecule has 0 aromatic heterocycles. The normalized spacial score (nSPS) is 23.8. The molecule has 2 aliphatic heterocycles. The molecule has 0 aromatic rings. The average Bonchev–Trinajstić information content (AvgIpc) is 2.81. The molecule has 0 bridgehead atoms. The maximum absolute atomic E-state index is 12.7.